The monoisotopic (exact) mass is 247 g/mol. The Bertz CT molecular complexity index is 456. The van der Waals surface area contributed by atoms with Gasteiger partial charge in [-0.2, -0.15) is 0 Å². The summed E-state index contributed by atoms with van der Waals surface area (Å²) in [5.41, 5.74) is 9.91. The van der Waals surface area contributed by atoms with Gasteiger partial charge in [0.2, 0.25) is 0 Å². The number of aliphatic imine (C=N–C) groups is 1. The maximum Gasteiger partial charge on any atom is 0.192 e. The minimum atomic E-state index is 0.250. The van der Waals surface area contributed by atoms with Crippen molar-refractivity contribution < 1.29 is 4.74 Å². The van der Waals surface area contributed by atoms with Crippen LogP contribution in [-0.2, 0) is 4.74 Å². The van der Waals surface area contributed by atoms with Crippen molar-refractivity contribution >= 4 is 5.96 Å². The molecule has 1 aromatic carbocycles. The van der Waals surface area contributed by atoms with Gasteiger partial charge in [0.15, 0.2) is 5.96 Å². The van der Waals surface area contributed by atoms with E-state index in [1.54, 1.807) is 7.11 Å². The molecule has 98 valence electrons. The lowest BCUT2D eigenvalue weighted by Crippen LogP contribution is -2.38. The topological polar surface area (TPSA) is 50.9 Å². The van der Waals surface area contributed by atoms with E-state index in [0.29, 0.717) is 12.6 Å². The van der Waals surface area contributed by atoms with Crippen molar-refractivity contribution in [2.24, 2.45) is 10.7 Å². The summed E-state index contributed by atoms with van der Waals surface area (Å²) in [5.74, 6) is 0.623. The second kappa shape index (κ2) is 5.40. The first kappa shape index (κ1) is 12.9. The fraction of sp³-hybridized carbons (Fsp3) is 0.500. The molecule has 1 aromatic rings. The highest BCUT2D eigenvalue weighted by Crippen LogP contribution is 2.28. The van der Waals surface area contributed by atoms with E-state index >= 15 is 0 Å². The average molecular weight is 247 g/mol. The van der Waals surface area contributed by atoms with E-state index < -0.39 is 0 Å². The second-order valence-corrected chi connectivity index (χ2v) is 4.69. The van der Waals surface area contributed by atoms with E-state index in [-0.39, 0.29) is 6.04 Å². The summed E-state index contributed by atoms with van der Waals surface area (Å²) in [6.45, 7) is 6.48. The molecule has 1 atom stereocenters. The lowest BCUT2D eigenvalue weighted by atomic mass is 9.97. The van der Waals surface area contributed by atoms with Gasteiger partial charge in [-0.25, -0.2) is 0 Å². The number of ether oxygens (including phenoxy) is 1. The van der Waals surface area contributed by atoms with Crippen LogP contribution in [0.1, 0.15) is 22.7 Å². The van der Waals surface area contributed by atoms with Gasteiger partial charge < -0.3 is 15.4 Å². The zero-order valence-electron chi connectivity index (χ0n) is 11.3. The van der Waals surface area contributed by atoms with Gasteiger partial charge in [0.25, 0.3) is 0 Å². The number of aryl methyl sites for hydroxylation is 1. The number of nitrogens with zero attached hydrogens (tertiary/aromatic N) is 2. The van der Waals surface area contributed by atoms with Crippen LogP contribution in [0.5, 0.6) is 0 Å². The van der Waals surface area contributed by atoms with Crippen molar-refractivity contribution in [3.8, 4) is 0 Å². The summed E-state index contributed by atoms with van der Waals surface area (Å²) >= 11 is 0. The van der Waals surface area contributed by atoms with Crippen LogP contribution in [-0.4, -0.2) is 37.7 Å². The van der Waals surface area contributed by atoms with E-state index in [9.17, 15) is 0 Å². The Balaban J connectivity index is 2.24. The zero-order valence-corrected chi connectivity index (χ0v) is 11.3. The Morgan fingerprint density at radius 1 is 1.44 bits per heavy atom. The molecule has 4 heteroatoms. The van der Waals surface area contributed by atoms with Crippen LogP contribution in [0.3, 0.4) is 0 Å². The fourth-order valence-corrected chi connectivity index (χ4v) is 2.39. The molecule has 0 radical (unpaired) electrons. The minimum absolute atomic E-state index is 0.250. The van der Waals surface area contributed by atoms with Crippen LogP contribution in [0.4, 0.5) is 0 Å². The van der Waals surface area contributed by atoms with Gasteiger partial charge in [-0.15, -0.1) is 0 Å². The van der Waals surface area contributed by atoms with Crippen LogP contribution in [0.2, 0.25) is 0 Å². The molecule has 0 saturated heterocycles. The number of benzene rings is 1. The number of methoxy groups -OCH3 is 1. The Morgan fingerprint density at radius 2 is 2.22 bits per heavy atom. The third kappa shape index (κ3) is 2.34. The summed E-state index contributed by atoms with van der Waals surface area (Å²) in [4.78, 5) is 6.49. The molecule has 1 aliphatic heterocycles. The van der Waals surface area contributed by atoms with Gasteiger partial charge in [0, 0.05) is 13.7 Å². The molecule has 0 fully saturated rings. The van der Waals surface area contributed by atoms with Crippen LogP contribution >= 0.6 is 0 Å². The molecule has 1 heterocycles. The predicted octanol–water partition coefficient (Wildman–Crippen LogP) is 1.62. The Labute approximate surface area is 108 Å². The molecule has 0 aliphatic carbocycles. The van der Waals surface area contributed by atoms with Crippen molar-refractivity contribution in [3.63, 3.8) is 0 Å². The van der Waals surface area contributed by atoms with Crippen molar-refractivity contribution in [2.75, 3.05) is 26.8 Å². The zero-order chi connectivity index (χ0) is 13.1. The molecule has 0 saturated carbocycles. The van der Waals surface area contributed by atoms with E-state index in [1.807, 2.05) is 0 Å². The molecule has 4 nitrogen and oxygen atoms in total. The summed E-state index contributed by atoms with van der Waals surface area (Å²) in [5, 5.41) is 0. The van der Waals surface area contributed by atoms with Gasteiger partial charge in [0.05, 0.1) is 19.2 Å². The van der Waals surface area contributed by atoms with E-state index in [0.717, 1.165) is 13.1 Å². The van der Waals surface area contributed by atoms with Crippen LogP contribution in [0, 0.1) is 13.8 Å². The first-order valence-corrected chi connectivity index (χ1v) is 6.26. The highest BCUT2D eigenvalue weighted by molar-refractivity contribution is 5.80. The molecule has 0 bridgehead atoms. The minimum Gasteiger partial charge on any atom is -0.383 e. The quantitative estimate of drug-likeness (QED) is 0.879. The maximum atomic E-state index is 5.96. The van der Waals surface area contributed by atoms with Crippen LogP contribution in [0.25, 0.3) is 0 Å². The lowest BCUT2D eigenvalue weighted by molar-refractivity contribution is 0.166. The highest BCUT2D eigenvalue weighted by Gasteiger charge is 2.28. The van der Waals surface area contributed by atoms with Crippen molar-refractivity contribution in [2.45, 2.75) is 19.9 Å². The smallest absolute Gasteiger partial charge is 0.192 e. The van der Waals surface area contributed by atoms with Gasteiger partial charge >= 0.3 is 0 Å². The molecular formula is C14H21N3O. The first-order valence-electron chi connectivity index (χ1n) is 6.26. The largest absolute Gasteiger partial charge is 0.383 e. The van der Waals surface area contributed by atoms with E-state index in [4.69, 9.17) is 10.5 Å². The number of rotatable bonds is 4. The van der Waals surface area contributed by atoms with Crippen LogP contribution < -0.4 is 5.73 Å². The SMILES string of the molecule is COCCN1C(N)=NCC1c1cccc(C)c1C. The van der Waals surface area contributed by atoms with Crippen LogP contribution in [0.15, 0.2) is 23.2 Å². The third-order valence-electron chi connectivity index (χ3n) is 3.64. The molecular weight excluding hydrogens is 226 g/mol. The second-order valence-electron chi connectivity index (χ2n) is 4.69. The highest BCUT2D eigenvalue weighted by atomic mass is 16.5. The van der Waals surface area contributed by atoms with Gasteiger partial charge in [0.1, 0.15) is 0 Å². The van der Waals surface area contributed by atoms with Crippen molar-refractivity contribution in [3.05, 3.63) is 34.9 Å². The van der Waals surface area contributed by atoms with E-state index in [2.05, 4.69) is 41.9 Å². The number of hydrogen-bond acceptors (Lipinski definition) is 4. The summed E-state index contributed by atoms with van der Waals surface area (Å²) < 4.78 is 5.14. The standard InChI is InChI=1S/C14H21N3O/c1-10-5-4-6-12(11(10)2)13-9-16-14(15)17(13)7-8-18-3/h4-6,13H,7-9H2,1-3H3,(H2,15,16). The normalized spacial score (nSPS) is 19.2. The number of guanidine groups is 1. The Morgan fingerprint density at radius 3 is 2.94 bits per heavy atom. The molecule has 1 aliphatic rings. The summed E-state index contributed by atoms with van der Waals surface area (Å²) in [6, 6.07) is 6.65. The first-order chi connectivity index (χ1) is 8.65. The Hall–Kier alpha value is -1.55. The molecule has 2 N–H and O–H groups in total. The molecule has 0 amide bonds. The van der Waals surface area contributed by atoms with Gasteiger partial charge in [-0.1, -0.05) is 18.2 Å². The van der Waals surface area contributed by atoms with Gasteiger partial charge in [-0.3, -0.25) is 4.99 Å². The third-order valence-corrected chi connectivity index (χ3v) is 3.64. The number of nitrogens with two attached hydrogens (primary N) is 1. The maximum absolute atomic E-state index is 5.96. The van der Waals surface area contributed by atoms with Gasteiger partial charge in [-0.05, 0) is 30.5 Å². The van der Waals surface area contributed by atoms with E-state index in [1.165, 1.54) is 16.7 Å². The summed E-state index contributed by atoms with van der Waals surface area (Å²) in [7, 11) is 1.70. The predicted molar refractivity (Wildman–Crippen MR) is 73.7 cm³/mol. The molecule has 1 unspecified atom stereocenters. The van der Waals surface area contributed by atoms with Crippen molar-refractivity contribution in [1.82, 2.24) is 4.90 Å². The summed E-state index contributed by atoms with van der Waals surface area (Å²) in [6.07, 6.45) is 0. The average Bonchev–Trinajstić information content (AvgIpc) is 2.72. The molecule has 0 spiro atoms. The molecule has 0 aromatic heterocycles. The lowest BCUT2D eigenvalue weighted by Gasteiger charge is -2.27. The number of hydrogen-bond donors (Lipinski definition) is 1. The fourth-order valence-electron chi connectivity index (χ4n) is 2.39. The van der Waals surface area contributed by atoms with Crippen molar-refractivity contribution in [1.29, 1.82) is 0 Å². The molecule has 2 rings (SSSR count). The Kier molecular flexibility index (Phi) is 3.87. The molecule has 18 heavy (non-hydrogen) atoms.